The Labute approximate surface area is 131 Å². The van der Waals surface area contributed by atoms with Crippen LogP contribution >= 0.6 is 0 Å². The summed E-state index contributed by atoms with van der Waals surface area (Å²) in [6, 6.07) is 9.17. The van der Waals surface area contributed by atoms with E-state index in [4.69, 9.17) is 0 Å². The van der Waals surface area contributed by atoms with E-state index in [1.165, 1.54) is 30.3 Å². The van der Waals surface area contributed by atoms with E-state index in [0.29, 0.717) is 11.1 Å². The molecule has 7 heteroatoms. The van der Waals surface area contributed by atoms with Gasteiger partial charge in [0.2, 0.25) is 0 Å². The van der Waals surface area contributed by atoms with E-state index < -0.39 is 27.4 Å². The van der Waals surface area contributed by atoms with Crippen molar-refractivity contribution in [3.05, 3.63) is 76.4 Å². The molecule has 0 fully saturated rings. The van der Waals surface area contributed by atoms with Crippen molar-refractivity contribution in [2.75, 3.05) is 0 Å². The first kappa shape index (κ1) is 17.2. The summed E-state index contributed by atoms with van der Waals surface area (Å²) in [5.41, 5.74) is -0.0482. The summed E-state index contributed by atoms with van der Waals surface area (Å²) in [7, 11) is -3.61. The zero-order chi connectivity index (χ0) is 17.1. The zero-order valence-electron chi connectivity index (χ0n) is 11.7. The lowest BCUT2D eigenvalue weighted by atomic mass is 10.1. The Morgan fingerprint density at radius 2 is 1.48 bits per heavy atom. The van der Waals surface area contributed by atoms with Gasteiger partial charge in [-0.05, 0) is 41.5 Å². The molecule has 0 spiro atoms. The van der Waals surface area contributed by atoms with Gasteiger partial charge < -0.3 is 0 Å². The minimum Gasteiger partial charge on any atom is -0.224 e. The fraction of sp³-hybridized carbons (Fsp3) is 0.125. The van der Waals surface area contributed by atoms with Crippen molar-refractivity contribution in [2.45, 2.75) is 11.9 Å². The van der Waals surface area contributed by atoms with Gasteiger partial charge in [-0.25, -0.2) is 12.8 Å². The lowest BCUT2D eigenvalue weighted by Crippen LogP contribution is -2.04. The smallest absolute Gasteiger partial charge is 0.224 e. The first-order chi connectivity index (χ1) is 10.7. The molecule has 2 aromatic carbocycles. The summed E-state index contributed by atoms with van der Waals surface area (Å²) in [6.07, 6.45) is -3.21. The molecule has 0 amide bonds. The Hall–Kier alpha value is -2.15. The van der Waals surface area contributed by atoms with E-state index >= 15 is 0 Å². The first-order valence-corrected chi connectivity index (χ1v) is 8.20. The third-order valence-corrected chi connectivity index (χ3v) is 4.27. The summed E-state index contributed by atoms with van der Waals surface area (Å²) in [5, 5.41) is 0.930. The number of halogens is 4. The van der Waals surface area contributed by atoms with Crippen molar-refractivity contribution >= 4 is 15.9 Å². The van der Waals surface area contributed by atoms with Crippen LogP contribution in [0.2, 0.25) is 0 Å². The average Bonchev–Trinajstić information content (AvgIpc) is 2.47. The van der Waals surface area contributed by atoms with E-state index in [1.807, 2.05) is 0 Å². The summed E-state index contributed by atoms with van der Waals surface area (Å²) < 4.78 is 73.9. The Morgan fingerprint density at radius 3 is 2.00 bits per heavy atom. The molecule has 2 rings (SSSR count). The van der Waals surface area contributed by atoms with Crippen molar-refractivity contribution in [2.24, 2.45) is 0 Å². The summed E-state index contributed by atoms with van der Waals surface area (Å²) in [6.45, 7) is 0. The number of sulfone groups is 1. The molecular weight excluding hydrogens is 332 g/mol. The highest BCUT2D eigenvalue weighted by molar-refractivity contribution is 7.93. The number of hydrogen-bond donors (Lipinski definition) is 0. The number of alkyl halides is 3. The van der Waals surface area contributed by atoms with Gasteiger partial charge in [0.25, 0.3) is 0 Å². The maximum absolute atomic E-state index is 12.8. The lowest BCUT2D eigenvalue weighted by Gasteiger charge is -2.06. The third-order valence-electron chi connectivity index (χ3n) is 2.99. The van der Waals surface area contributed by atoms with Crippen LogP contribution in [0.25, 0.3) is 6.08 Å². The van der Waals surface area contributed by atoms with Gasteiger partial charge in [0, 0.05) is 5.41 Å². The van der Waals surface area contributed by atoms with Gasteiger partial charge in [0.1, 0.15) is 5.82 Å². The monoisotopic (exact) mass is 344 g/mol. The van der Waals surface area contributed by atoms with Crippen molar-refractivity contribution in [3.8, 4) is 0 Å². The van der Waals surface area contributed by atoms with Crippen molar-refractivity contribution in [3.63, 3.8) is 0 Å². The van der Waals surface area contributed by atoms with Crippen LogP contribution in [0, 0.1) is 5.82 Å². The molecular formula is C16H12F4O2S. The molecule has 0 aliphatic heterocycles. The molecule has 0 unspecified atom stereocenters. The van der Waals surface area contributed by atoms with Crippen LogP contribution in [0.5, 0.6) is 0 Å². The van der Waals surface area contributed by atoms with Crippen molar-refractivity contribution in [1.29, 1.82) is 0 Å². The minimum absolute atomic E-state index is 0.315. The lowest BCUT2D eigenvalue weighted by molar-refractivity contribution is -0.137. The molecule has 2 aromatic rings. The predicted molar refractivity (Wildman–Crippen MR) is 79.5 cm³/mol. The van der Waals surface area contributed by atoms with E-state index in [1.54, 1.807) is 0 Å². The van der Waals surface area contributed by atoms with Crippen LogP contribution in [-0.4, -0.2) is 8.42 Å². The Morgan fingerprint density at radius 1 is 0.913 bits per heavy atom. The molecule has 0 aliphatic rings. The zero-order valence-corrected chi connectivity index (χ0v) is 12.5. The maximum atomic E-state index is 12.8. The second-order valence-corrected chi connectivity index (χ2v) is 6.74. The molecule has 0 saturated carbocycles. The fourth-order valence-corrected chi connectivity index (χ4v) is 2.94. The Bertz CT molecular complexity index is 789. The molecule has 2 nitrogen and oxygen atoms in total. The summed E-state index contributed by atoms with van der Waals surface area (Å²) >= 11 is 0. The van der Waals surface area contributed by atoms with Gasteiger partial charge in [0.05, 0.1) is 11.3 Å². The van der Waals surface area contributed by atoms with Crippen molar-refractivity contribution < 1.29 is 26.0 Å². The number of benzene rings is 2. The van der Waals surface area contributed by atoms with Gasteiger partial charge >= 0.3 is 6.18 Å². The molecule has 0 N–H and O–H groups in total. The van der Waals surface area contributed by atoms with Crippen LogP contribution in [-0.2, 0) is 21.8 Å². The van der Waals surface area contributed by atoms with Gasteiger partial charge in [-0.15, -0.1) is 0 Å². The molecule has 0 atom stereocenters. The molecule has 0 bridgehead atoms. The summed E-state index contributed by atoms with van der Waals surface area (Å²) in [5.74, 6) is -0.781. The highest BCUT2D eigenvalue weighted by Crippen LogP contribution is 2.29. The molecule has 0 saturated heterocycles. The molecule has 0 heterocycles. The maximum Gasteiger partial charge on any atom is 0.416 e. The first-order valence-electron chi connectivity index (χ1n) is 6.48. The van der Waals surface area contributed by atoms with Crippen LogP contribution in [0.15, 0.2) is 53.9 Å². The fourth-order valence-electron chi connectivity index (χ4n) is 1.83. The molecule has 0 radical (unpaired) electrons. The van der Waals surface area contributed by atoms with Gasteiger partial charge in [-0.2, -0.15) is 13.2 Å². The normalized spacial score (nSPS) is 12.7. The SMILES string of the molecule is O=S(=O)(/C=C/c1ccc(C(F)(F)F)cc1)Cc1ccc(F)cc1. The standard InChI is InChI=1S/C16H12F4O2S/c17-15-7-3-13(4-8-15)11-23(21,22)10-9-12-1-5-14(6-2-12)16(18,19)20/h1-10H,11H2/b10-9+. The van der Waals surface area contributed by atoms with E-state index in [2.05, 4.69) is 0 Å². The Kier molecular flexibility index (Phi) is 4.89. The number of hydrogen-bond acceptors (Lipinski definition) is 2. The molecule has 0 aromatic heterocycles. The van der Waals surface area contributed by atoms with E-state index in [0.717, 1.165) is 29.7 Å². The van der Waals surface area contributed by atoms with Gasteiger partial charge in [-0.3, -0.25) is 0 Å². The van der Waals surface area contributed by atoms with E-state index in [-0.39, 0.29) is 5.75 Å². The van der Waals surface area contributed by atoms with Crippen LogP contribution in [0.4, 0.5) is 17.6 Å². The summed E-state index contributed by atoms with van der Waals surface area (Å²) in [4.78, 5) is 0. The average molecular weight is 344 g/mol. The molecule has 122 valence electrons. The molecule has 0 aliphatic carbocycles. The third kappa shape index (κ3) is 5.21. The quantitative estimate of drug-likeness (QED) is 0.769. The van der Waals surface area contributed by atoms with Crippen molar-refractivity contribution in [1.82, 2.24) is 0 Å². The Balaban J connectivity index is 2.10. The van der Waals surface area contributed by atoms with Crippen LogP contribution < -0.4 is 0 Å². The van der Waals surface area contributed by atoms with Crippen LogP contribution in [0.1, 0.15) is 16.7 Å². The second kappa shape index (κ2) is 6.54. The molecule has 23 heavy (non-hydrogen) atoms. The predicted octanol–water partition coefficient (Wildman–Crippen LogP) is 4.43. The highest BCUT2D eigenvalue weighted by atomic mass is 32.2. The second-order valence-electron chi connectivity index (χ2n) is 4.86. The van der Waals surface area contributed by atoms with E-state index in [9.17, 15) is 26.0 Å². The minimum atomic E-state index is -4.43. The van der Waals surface area contributed by atoms with Gasteiger partial charge in [-0.1, -0.05) is 24.3 Å². The van der Waals surface area contributed by atoms with Crippen LogP contribution in [0.3, 0.4) is 0 Å². The topological polar surface area (TPSA) is 34.1 Å². The highest BCUT2D eigenvalue weighted by Gasteiger charge is 2.29. The largest absolute Gasteiger partial charge is 0.416 e. The van der Waals surface area contributed by atoms with Gasteiger partial charge in [0.15, 0.2) is 9.84 Å². The number of rotatable bonds is 4.